The van der Waals surface area contributed by atoms with E-state index in [4.69, 9.17) is 4.55 Å². The topological polar surface area (TPSA) is 52.6 Å². The van der Waals surface area contributed by atoms with Gasteiger partial charge in [-0.2, -0.15) is 26.3 Å². The zero-order chi connectivity index (χ0) is 10.9. The molecule has 13 heavy (non-hydrogen) atoms. The van der Waals surface area contributed by atoms with Gasteiger partial charge < -0.3 is 0 Å². The molecule has 0 saturated carbocycles. The molecule has 0 saturated heterocycles. The maximum absolute atomic E-state index is 11.5. The van der Waals surface area contributed by atoms with Gasteiger partial charge >= 0.3 is 12.6 Å². The van der Waals surface area contributed by atoms with Crippen LogP contribution in [0.2, 0.25) is 0 Å². The summed E-state index contributed by atoms with van der Waals surface area (Å²) in [6.07, 6.45) is -11.0. The summed E-state index contributed by atoms with van der Waals surface area (Å²) in [6, 6.07) is 0. The molecule has 1 atom stereocenters. The molecular weight excluding hydrogens is 230 g/mol. The largest absolute Gasteiger partial charge is 0.487 e. The van der Waals surface area contributed by atoms with Gasteiger partial charge in [0, 0.05) is 0 Å². The van der Waals surface area contributed by atoms with E-state index >= 15 is 0 Å². The highest BCUT2D eigenvalue weighted by atomic mass is 32.2. The Labute approximate surface area is 69.9 Å². The Bertz CT molecular complexity index is 200. The molecular formula is C2H2F6N2O2S. The number of rotatable bonds is 2. The maximum Gasteiger partial charge on any atom is 0.487 e. The Morgan fingerprint density at radius 2 is 1.54 bits per heavy atom. The molecule has 4 nitrogen and oxygen atoms in total. The van der Waals surface area contributed by atoms with E-state index in [0.29, 0.717) is 0 Å². The first-order valence-electron chi connectivity index (χ1n) is 2.36. The molecule has 2 N–H and O–H groups in total. The van der Waals surface area contributed by atoms with Crippen molar-refractivity contribution in [3.63, 3.8) is 0 Å². The van der Waals surface area contributed by atoms with Gasteiger partial charge in [0.2, 0.25) is 0 Å². The van der Waals surface area contributed by atoms with E-state index < -0.39 is 28.3 Å². The Kier molecular flexibility index (Phi) is 3.66. The van der Waals surface area contributed by atoms with Crippen molar-refractivity contribution in [2.75, 3.05) is 0 Å². The molecule has 0 heterocycles. The second-order valence-electron chi connectivity index (χ2n) is 1.60. The fourth-order valence-electron chi connectivity index (χ4n) is 0.306. The van der Waals surface area contributed by atoms with E-state index in [9.17, 15) is 30.6 Å². The van der Waals surface area contributed by atoms with Crippen molar-refractivity contribution >= 4 is 11.3 Å². The summed E-state index contributed by atoms with van der Waals surface area (Å²) < 4.78 is 84.2. The van der Waals surface area contributed by atoms with Crippen LogP contribution < -0.4 is 5.43 Å². The van der Waals surface area contributed by atoms with Crippen molar-refractivity contribution < 1.29 is 35.1 Å². The summed E-state index contributed by atoms with van der Waals surface area (Å²) in [5, 5.41) is 0. The smallest absolute Gasteiger partial charge is 0.292 e. The number of hydrogen-bond acceptors (Lipinski definition) is 2. The van der Waals surface area contributed by atoms with Crippen LogP contribution in [0.3, 0.4) is 0 Å². The Balaban J connectivity index is 4.56. The van der Waals surface area contributed by atoms with Gasteiger partial charge in [0.15, 0.2) is 0 Å². The second kappa shape index (κ2) is 3.77. The molecule has 11 heteroatoms. The van der Waals surface area contributed by atoms with Gasteiger partial charge in [0.25, 0.3) is 11.3 Å². The van der Waals surface area contributed by atoms with Crippen molar-refractivity contribution in [3.8, 4) is 0 Å². The highest BCUT2D eigenvalue weighted by molar-refractivity contribution is 7.76. The molecule has 0 aromatic heterocycles. The normalized spacial score (nSPS) is 16.3. The molecule has 0 spiro atoms. The zero-order valence-electron chi connectivity index (χ0n) is 5.48. The van der Waals surface area contributed by atoms with Crippen molar-refractivity contribution in [2.45, 2.75) is 12.6 Å². The average Bonchev–Trinajstić information content (AvgIpc) is 1.77. The Morgan fingerprint density at radius 3 is 1.62 bits per heavy atom. The van der Waals surface area contributed by atoms with Crippen LogP contribution in [0, 0.1) is 0 Å². The molecule has 0 bridgehead atoms. The van der Waals surface area contributed by atoms with Gasteiger partial charge in [0.05, 0.1) is 0 Å². The third kappa shape index (κ3) is 5.02. The summed E-state index contributed by atoms with van der Waals surface area (Å²) >= 11 is -3.84. The molecule has 0 fully saturated rings. The first-order valence-corrected chi connectivity index (χ1v) is 3.43. The summed E-state index contributed by atoms with van der Waals surface area (Å²) in [4.78, 5) is 0. The van der Waals surface area contributed by atoms with Gasteiger partial charge in [-0.1, -0.05) is 0 Å². The molecule has 80 valence electrons. The number of nitrogens with zero attached hydrogens (tertiary/aromatic N) is 1. The van der Waals surface area contributed by atoms with Gasteiger partial charge in [-0.15, -0.1) is 5.43 Å². The fraction of sp³-hybridized carbons (Fsp3) is 1.00. The van der Waals surface area contributed by atoms with Crippen LogP contribution in [0.25, 0.3) is 0 Å². The molecule has 1 unspecified atom stereocenters. The monoisotopic (exact) mass is 232 g/mol. The van der Waals surface area contributed by atoms with Crippen LogP contribution in [-0.2, 0) is 11.3 Å². The van der Waals surface area contributed by atoms with E-state index in [-0.39, 0.29) is 5.43 Å². The van der Waals surface area contributed by atoms with Gasteiger partial charge in [-0.25, -0.2) is 4.21 Å². The lowest BCUT2D eigenvalue weighted by Gasteiger charge is -2.21. The van der Waals surface area contributed by atoms with Gasteiger partial charge in [-0.05, 0) is 4.41 Å². The number of hydrazine groups is 1. The molecule has 0 aliphatic carbocycles. The quantitative estimate of drug-likeness (QED) is 0.323. The van der Waals surface area contributed by atoms with Crippen LogP contribution in [-0.4, -0.2) is 25.8 Å². The predicted molar refractivity (Wildman–Crippen MR) is 27.9 cm³/mol. The minimum atomic E-state index is -5.60. The standard InChI is InChI=1S/C2H2F6N2O2S/c3-1(4,5)9-10(13(11)12)2(6,7)8/h9H,(H,11,12). The van der Waals surface area contributed by atoms with Crippen molar-refractivity contribution in [1.82, 2.24) is 9.84 Å². The molecule has 0 radical (unpaired) electrons. The highest BCUT2D eigenvalue weighted by Gasteiger charge is 2.47. The van der Waals surface area contributed by atoms with E-state index in [0.717, 1.165) is 0 Å². The van der Waals surface area contributed by atoms with E-state index in [1.165, 1.54) is 0 Å². The molecule has 0 rings (SSSR count). The third-order valence-electron chi connectivity index (χ3n) is 0.615. The Hall–Kier alpha value is -0.390. The van der Waals surface area contributed by atoms with Crippen molar-refractivity contribution in [2.24, 2.45) is 0 Å². The second-order valence-corrected chi connectivity index (χ2v) is 2.43. The van der Waals surface area contributed by atoms with Crippen LogP contribution in [0.1, 0.15) is 0 Å². The average molecular weight is 232 g/mol. The van der Waals surface area contributed by atoms with Crippen LogP contribution >= 0.6 is 0 Å². The highest BCUT2D eigenvalue weighted by Crippen LogP contribution is 2.23. The minimum Gasteiger partial charge on any atom is -0.292 e. The Morgan fingerprint density at radius 1 is 1.15 bits per heavy atom. The molecule has 0 amide bonds. The number of nitrogens with one attached hydrogen (secondary N) is 1. The van der Waals surface area contributed by atoms with Crippen molar-refractivity contribution in [1.29, 1.82) is 0 Å². The zero-order valence-corrected chi connectivity index (χ0v) is 6.30. The predicted octanol–water partition coefficient (Wildman–Crippen LogP) is 0.969. The van der Waals surface area contributed by atoms with Crippen LogP contribution in [0.5, 0.6) is 0 Å². The lowest BCUT2D eigenvalue weighted by Crippen LogP contribution is -2.54. The number of alkyl halides is 6. The van der Waals surface area contributed by atoms with Crippen LogP contribution in [0.15, 0.2) is 0 Å². The third-order valence-corrected chi connectivity index (χ3v) is 1.23. The summed E-state index contributed by atoms with van der Waals surface area (Å²) in [7, 11) is 0. The first-order chi connectivity index (χ1) is 5.54. The van der Waals surface area contributed by atoms with Crippen molar-refractivity contribution in [3.05, 3.63) is 0 Å². The first kappa shape index (κ1) is 12.6. The number of halogens is 6. The summed E-state index contributed by atoms with van der Waals surface area (Å²) in [5.74, 6) is 0. The molecule has 0 aliphatic heterocycles. The summed E-state index contributed by atoms with van der Waals surface area (Å²) in [6.45, 7) is 0. The lowest BCUT2D eigenvalue weighted by atomic mass is 11.1. The molecule has 0 aromatic rings. The maximum atomic E-state index is 11.5. The summed E-state index contributed by atoms with van der Waals surface area (Å²) in [5.41, 5.74) is -0.146. The van der Waals surface area contributed by atoms with E-state index in [2.05, 4.69) is 0 Å². The van der Waals surface area contributed by atoms with Gasteiger partial charge in [-0.3, -0.25) is 4.55 Å². The SMILES string of the molecule is O=S(O)N(NC(F)(F)F)C(F)(F)F. The lowest BCUT2D eigenvalue weighted by molar-refractivity contribution is -0.279. The fourth-order valence-corrected chi connectivity index (χ4v) is 0.665. The van der Waals surface area contributed by atoms with Gasteiger partial charge in [0.1, 0.15) is 0 Å². The van der Waals surface area contributed by atoms with Crippen LogP contribution in [0.4, 0.5) is 26.3 Å². The number of hydrogen-bond donors (Lipinski definition) is 2. The van der Waals surface area contributed by atoms with E-state index in [1.54, 1.807) is 0 Å². The minimum absolute atomic E-state index is 0.146. The molecule has 0 aromatic carbocycles. The van der Waals surface area contributed by atoms with E-state index in [1.807, 2.05) is 0 Å². The molecule has 0 aliphatic rings.